The first-order valence-corrected chi connectivity index (χ1v) is 4.88. The molecule has 0 spiro atoms. The number of aliphatic hydroxyl groups is 1. The van der Waals surface area contributed by atoms with Gasteiger partial charge >= 0.3 is 0 Å². The summed E-state index contributed by atoms with van der Waals surface area (Å²) in [7, 11) is 0. The zero-order valence-electron chi connectivity index (χ0n) is 8.88. The van der Waals surface area contributed by atoms with E-state index in [0.29, 0.717) is 5.76 Å². The van der Waals surface area contributed by atoms with Gasteiger partial charge in [-0.25, -0.2) is 13.2 Å². The van der Waals surface area contributed by atoms with Gasteiger partial charge in [-0.3, -0.25) is 0 Å². The van der Waals surface area contributed by atoms with E-state index in [0.717, 1.165) is 12.1 Å². The van der Waals surface area contributed by atoms with Crippen molar-refractivity contribution in [2.45, 2.75) is 13.0 Å². The molecule has 1 unspecified atom stereocenters. The summed E-state index contributed by atoms with van der Waals surface area (Å²) in [5, 5.41) is 9.78. The quantitative estimate of drug-likeness (QED) is 0.821. The highest BCUT2D eigenvalue weighted by molar-refractivity contribution is 5.28. The second-order valence-electron chi connectivity index (χ2n) is 3.62. The van der Waals surface area contributed by atoms with E-state index in [1.54, 1.807) is 13.0 Å². The summed E-state index contributed by atoms with van der Waals surface area (Å²) in [6.07, 6.45) is -1.46. The zero-order chi connectivity index (χ0) is 12.6. The topological polar surface area (TPSA) is 33.4 Å². The number of aryl methyl sites for hydroxylation is 1. The molecule has 2 nitrogen and oxygen atoms in total. The third kappa shape index (κ3) is 2.06. The standard InChI is InChI=1S/C12H9F3O2/c1-6-2-5-9(17-6)12(16)7-3-4-8(13)11(15)10(7)14/h2-5,12,16H,1H3. The number of halogens is 3. The molecule has 90 valence electrons. The third-order valence-electron chi connectivity index (χ3n) is 2.39. The maximum Gasteiger partial charge on any atom is 0.194 e. The lowest BCUT2D eigenvalue weighted by Gasteiger charge is -2.10. The van der Waals surface area contributed by atoms with Gasteiger partial charge in [0.1, 0.15) is 17.6 Å². The summed E-state index contributed by atoms with van der Waals surface area (Å²) in [4.78, 5) is 0. The Bertz CT molecular complexity index is 549. The summed E-state index contributed by atoms with van der Waals surface area (Å²) in [5.74, 6) is -3.71. The second kappa shape index (κ2) is 4.25. The smallest absolute Gasteiger partial charge is 0.194 e. The van der Waals surface area contributed by atoms with Gasteiger partial charge in [-0.2, -0.15) is 0 Å². The summed E-state index contributed by atoms with van der Waals surface area (Å²) in [6, 6.07) is 4.76. The first-order chi connectivity index (χ1) is 8.00. The Labute approximate surface area is 95.3 Å². The van der Waals surface area contributed by atoms with Gasteiger partial charge in [0, 0.05) is 5.56 Å². The number of rotatable bonds is 2. The number of furan rings is 1. The lowest BCUT2D eigenvalue weighted by atomic mass is 10.1. The molecule has 0 bridgehead atoms. The molecular weight excluding hydrogens is 233 g/mol. The van der Waals surface area contributed by atoms with Gasteiger partial charge in [0.2, 0.25) is 0 Å². The van der Waals surface area contributed by atoms with E-state index >= 15 is 0 Å². The molecule has 0 amide bonds. The van der Waals surface area contributed by atoms with Crippen molar-refractivity contribution in [1.82, 2.24) is 0 Å². The van der Waals surface area contributed by atoms with E-state index in [1.807, 2.05) is 0 Å². The van der Waals surface area contributed by atoms with Crippen molar-refractivity contribution in [3.8, 4) is 0 Å². The minimum Gasteiger partial charge on any atom is -0.463 e. The highest BCUT2D eigenvalue weighted by atomic mass is 19.2. The highest BCUT2D eigenvalue weighted by Gasteiger charge is 2.22. The normalized spacial score (nSPS) is 12.8. The summed E-state index contributed by atoms with van der Waals surface area (Å²) >= 11 is 0. The molecule has 0 aliphatic carbocycles. The molecule has 1 heterocycles. The van der Waals surface area contributed by atoms with E-state index in [4.69, 9.17) is 4.42 Å². The van der Waals surface area contributed by atoms with Crippen LogP contribution in [-0.4, -0.2) is 5.11 Å². The number of hydrogen-bond donors (Lipinski definition) is 1. The second-order valence-corrected chi connectivity index (χ2v) is 3.62. The van der Waals surface area contributed by atoms with Gasteiger partial charge in [-0.15, -0.1) is 0 Å². The van der Waals surface area contributed by atoms with Crippen molar-refractivity contribution in [3.05, 3.63) is 58.8 Å². The summed E-state index contributed by atoms with van der Waals surface area (Å²) in [5.41, 5.74) is -0.363. The fourth-order valence-electron chi connectivity index (χ4n) is 1.51. The summed E-state index contributed by atoms with van der Waals surface area (Å²) in [6.45, 7) is 1.65. The van der Waals surface area contributed by atoms with Crippen LogP contribution in [0.3, 0.4) is 0 Å². The predicted molar refractivity (Wildman–Crippen MR) is 53.8 cm³/mol. The highest BCUT2D eigenvalue weighted by Crippen LogP contribution is 2.27. The molecule has 0 aliphatic heterocycles. The maximum atomic E-state index is 13.4. The fourth-order valence-corrected chi connectivity index (χ4v) is 1.51. The van der Waals surface area contributed by atoms with Crippen LogP contribution in [0.5, 0.6) is 0 Å². The van der Waals surface area contributed by atoms with Crippen molar-refractivity contribution in [1.29, 1.82) is 0 Å². The monoisotopic (exact) mass is 242 g/mol. The lowest BCUT2D eigenvalue weighted by molar-refractivity contribution is 0.181. The fraction of sp³-hybridized carbons (Fsp3) is 0.167. The van der Waals surface area contributed by atoms with Crippen LogP contribution in [-0.2, 0) is 0 Å². The van der Waals surface area contributed by atoms with Crippen molar-refractivity contribution in [2.24, 2.45) is 0 Å². The summed E-state index contributed by atoms with van der Waals surface area (Å²) < 4.78 is 44.2. The molecule has 0 radical (unpaired) electrons. The molecule has 0 saturated heterocycles. The molecule has 17 heavy (non-hydrogen) atoms. The molecule has 2 aromatic rings. The van der Waals surface area contributed by atoms with Crippen molar-refractivity contribution in [2.75, 3.05) is 0 Å². The van der Waals surface area contributed by atoms with Gasteiger partial charge in [0.15, 0.2) is 17.5 Å². The van der Waals surface area contributed by atoms with Gasteiger partial charge in [0.05, 0.1) is 0 Å². The van der Waals surface area contributed by atoms with Crippen LogP contribution in [0.15, 0.2) is 28.7 Å². The van der Waals surface area contributed by atoms with Crippen LogP contribution in [0, 0.1) is 24.4 Å². The maximum absolute atomic E-state index is 13.4. The van der Waals surface area contributed by atoms with Gasteiger partial charge in [-0.05, 0) is 31.2 Å². The van der Waals surface area contributed by atoms with Crippen LogP contribution in [0.4, 0.5) is 13.2 Å². The molecule has 1 N–H and O–H groups in total. The van der Waals surface area contributed by atoms with Crippen LogP contribution >= 0.6 is 0 Å². The van der Waals surface area contributed by atoms with Gasteiger partial charge < -0.3 is 9.52 Å². The molecule has 5 heteroatoms. The first-order valence-electron chi connectivity index (χ1n) is 4.88. The predicted octanol–water partition coefficient (Wildman–Crippen LogP) is 3.09. The number of hydrogen-bond acceptors (Lipinski definition) is 2. The van der Waals surface area contributed by atoms with Crippen LogP contribution < -0.4 is 0 Å². The molecule has 0 aliphatic rings. The Morgan fingerprint density at radius 3 is 2.35 bits per heavy atom. The average Bonchev–Trinajstić information content (AvgIpc) is 2.72. The number of aliphatic hydroxyl groups excluding tert-OH is 1. The van der Waals surface area contributed by atoms with E-state index in [9.17, 15) is 18.3 Å². The molecule has 1 aromatic carbocycles. The minimum atomic E-state index is -1.61. The van der Waals surface area contributed by atoms with Crippen molar-refractivity contribution < 1.29 is 22.7 Å². The molecule has 0 fully saturated rings. The average molecular weight is 242 g/mol. The van der Waals surface area contributed by atoms with Gasteiger partial charge in [-0.1, -0.05) is 0 Å². The minimum absolute atomic E-state index is 0.0763. The van der Waals surface area contributed by atoms with E-state index in [1.165, 1.54) is 6.07 Å². The Morgan fingerprint density at radius 2 is 1.76 bits per heavy atom. The Hall–Kier alpha value is -1.75. The Morgan fingerprint density at radius 1 is 1.06 bits per heavy atom. The lowest BCUT2D eigenvalue weighted by Crippen LogP contribution is -2.04. The molecular formula is C12H9F3O2. The molecule has 1 aromatic heterocycles. The van der Waals surface area contributed by atoms with Crippen LogP contribution in [0.1, 0.15) is 23.2 Å². The van der Waals surface area contributed by atoms with Crippen LogP contribution in [0.25, 0.3) is 0 Å². The molecule has 0 saturated carbocycles. The Balaban J connectivity index is 2.44. The van der Waals surface area contributed by atoms with Crippen LogP contribution in [0.2, 0.25) is 0 Å². The molecule has 1 atom stereocenters. The SMILES string of the molecule is Cc1ccc(C(O)c2ccc(F)c(F)c2F)o1. The third-order valence-corrected chi connectivity index (χ3v) is 2.39. The van der Waals surface area contributed by atoms with Crippen molar-refractivity contribution in [3.63, 3.8) is 0 Å². The largest absolute Gasteiger partial charge is 0.463 e. The van der Waals surface area contributed by atoms with Gasteiger partial charge in [0.25, 0.3) is 0 Å². The zero-order valence-corrected chi connectivity index (χ0v) is 8.88. The van der Waals surface area contributed by atoms with Crippen molar-refractivity contribution >= 4 is 0 Å². The van der Waals surface area contributed by atoms with E-state index in [-0.39, 0.29) is 11.3 Å². The number of benzene rings is 1. The van der Waals surface area contributed by atoms with E-state index < -0.39 is 23.6 Å². The molecule has 2 rings (SSSR count). The first kappa shape index (κ1) is 11.7. The van der Waals surface area contributed by atoms with E-state index in [2.05, 4.69) is 0 Å². The Kier molecular flexibility index (Phi) is 2.93.